The Morgan fingerprint density at radius 1 is 1.12 bits per heavy atom. The zero-order valence-electron chi connectivity index (χ0n) is 9.10. The minimum Gasteiger partial charge on any atom is -0.313 e. The SMILES string of the molecule is Clc1cccc(Cl)c1CNCCNC1CC1. The Labute approximate surface area is 106 Å². The van der Waals surface area contributed by atoms with E-state index in [-0.39, 0.29) is 0 Å². The van der Waals surface area contributed by atoms with Crippen molar-refractivity contribution in [3.63, 3.8) is 0 Å². The molecule has 88 valence electrons. The van der Waals surface area contributed by atoms with Gasteiger partial charge in [0.15, 0.2) is 0 Å². The summed E-state index contributed by atoms with van der Waals surface area (Å²) in [6.45, 7) is 2.68. The smallest absolute Gasteiger partial charge is 0.0465 e. The molecule has 16 heavy (non-hydrogen) atoms. The molecule has 0 saturated heterocycles. The molecule has 0 radical (unpaired) electrons. The molecule has 0 spiro atoms. The van der Waals surface area contributed by atoms with E-state index in [9.17, 15) is 0 Å². The summed E-state index contributed by atoms with van der Waals surface area (Å²) < 4.78 is 0. The standard InChI is InChI=1S/C12H16Cl2N2/c13-11-2-1-3-12(14)10(11)8-15-6-7-16-9-4-5-9/h1-3,9,15-16H,4-8H2. The van der Waals surface area contributed by atoms with E-state index in [0.717, 1.165) is 41.3 Å². The highest BCUT2D eigenvalue weighted by atomic mass is 35.5. The van der Waals surface area contributed by atoms with Crippen molar-refractivity contribution >= 4 is 23.2 Å². The Bertz CT molecular complexity index is 331. The van der Waals surface area contributed by atoms with E-state index in [1.165, 1.54) is 12.8 Å². The van der Waals surface area contributed by atoms with E-state index < -0.39 is 0 Å². The molecule has 0 heterocycles. The van der Waals surface area contributed by atoms with Crippen LogP contribution in [0.1, 0.15) is 18.4 Å². The van der Waals surface area contributed by atoms with E-state index in [2.05, 4.69) is 10.6 Å². The molecule has 0 amide bonds. The van der Waals surface area contributed by atoms with Crippen molar-refractivity contribution in [1.29, 1.82) is 0 Å². The van der Waals surface area contributed by atoms with Crippen LogP contribution in [0.4, 0.5) is 0 Å². The highest BCUT2D eigenvalue weighted by molar-refractivity contribution is 6.35. The number of rotatable bonds is 6. The fraction of sp³-hybridized carbons (Fsp3) is 0.500. The summed E-state index contributed by atoms with van der Waals surface area (Å²) in [5.74, 6) is 0. The van der Waals surface area contributed by atoms with Gasteiger partial charge < -0.3 is 10.6 Å². The summed E-state index contributed by atoms with van der Waals surface area (Å²) in [7, 11) is 0. The maximum atomic E-state index is 6.06. The average molecular weight is 259 g/mol. The predicted molar refractivity (Wildman–Crippen MR) is 69.2 cm³/mol. The van der Waals surface area contributed by atoms with Gasteiger partial charge in [0, 0.05) is 41.3 Å². The molecule has 0 unspecified atom stereocenters. The van der Waals surface area contributed by atoms with Crippen LogP contribution in [-0.4, -0.2) is 19.1 Å². The van der Waals surface area contributed by atoms with Crippen molar-refractivity contribution in [1.82, 2.24) is 10.6 Å². The van der Waals surface area contributed by atoms with Crippen LogP contribution in [0.15, 0.2) is 18.2 Å². The number of halogens is 2. The first kappa shape index (κ1) is 12.2. The van der Waals surface area contributed by atoms with Gasteiger partial charge in [0.25, 0.3) is 0 Å². The van der Waals surface area contributed by atoms with Crippen LogP contribution < -0.4 is 10.6 Å². The second-order valence-corrected chi connectivity index (χ2v) is 4.92. The molecule has 1 aromatic rings. The summed E-state index contributed by atoms with van der Waals surface area (Å²) in [5.41, 5.74) is 0.984. The van der Waals surface area contributed by atoms with E-state index in [0.29, 0.717) is 0 Å². The van der Waals surface area contributed by atoms with Crippen LogP contribution in [0, 0.1) is 0 Å². The van der Waals surface area contributed by atoms with Crippen molar-refractivity contribution in [3.8, 4) is 0 Å². The molecule has 1 aromatic carbocycles. The molecule has 0 atom stereocenters. The van der Waals surface area contributed by atoms with Crippen LogP contribution in [0.3, 0.4) is 0 Å². The first-order valence-electron chi connectivity index (χ1n) is 5.64. The fourth-order valence-corrected chi connectivity index (χ4v) is 2.10. The maximum absolute atomic E-state index is 6.06. The van der Waals surface area contributed by atoms with Gasteiger partial charge in [0.2, 0.25) is 0 Å². The van der Waals surface area contributed by atoms with Crippen LogP contribution in [0.2, 0.25) is 10.0 Å². The van der Waals surface area contributed by atoms with E-state index in [4.69, 9.17) is 23.2 Å². The van der Waals surface area contributed by atoms with Crippen LogP contribution in [-0.2, 0) is 6.54 Å². The molecule has 0 aliphatic heterocycles. The summed E-state index contributed by atoms with van der Waals surface area (Å²) in [4.78, 5) is 0. The zero-order chi connectivity index (χ0) is 11.4. The molecule has 2 rings (SSSR count). The molecule has 1 saturated carbocycles. The van der Waals surface area contributed by atoms with Crippen molar-refractivity contribution in [2.24, 2.45) is 0 Å². The van der Waals surface area contributed by atoms with Crippen LogP contribution >= 0.6 is 23.2 Å². The van der Waals surface area contributed by atoms with Gasteiger partial charge >= 0.3 is 0 Å². The van der Waals surface area contributed by atoms with Gasteiger partial charge in [-0.05, 0) is 25.0 Å². The minimum absolute atomic E-state index is 0.727. The third-order valence-electron chi connectivity index (χ3n) is 2.68. The summed E-state index contributed by atoms with van der Waals surface area (Å²) in [6, 6.07) is 6.37. The van der Waals surface area contributed by atoms with Crippen molar-refractivity contribution in [2.45, 2.75) is 25.4 Å². The summed E-state index contributed by atoms with van der Waals surface area (Å²) >= 11 is 12.1. The number of benzene rings is 1. The third-order valence-corrected chi connectivity index (χ3v) is 3.38. The summed E-state index contributed by atoms with van der Waals surface area (Å²) in [5, 5.41) is 8.24. The van der Waals surface area contributed by atoms with E-state index >= 15 is 0 Å². The number of hydrogen-bond donors (Lipinski definition) is 2. The third kappa shape index (κ3) is 3.63. The molecule has 1 aliphatic rings. The normalized spacial score (nSPS) is 15.4. The lowest BCUT2D eigenvalue weighted by Crippen LogP contribution is -2.28. The summed E-state index contributed by atoms with van der Waals surface area (Å²) in [6.07, 6.45) is 2.66. The molecular formula is C12H16Cl2N2. The average Bonchev–Trinajstić information content (AvgIpc) is 3.05. The molecular weight excluding hydrogens is 243 g/mol. The Morgan fingerprint density at radius 2 is 1.81 bits per heavy atom. The molecule has 2 nitrogen and oxygen atoms in total. The lowest BCUT2D eigenvalue weighted by molar-refractivity contribution is 0.609. The zero-order valence-corrected chi connectivity index (χ0v) is 10.6. The molecule has 0 aromatic heterocycles. The topological polar surface area (TPSA) is 24.1 Å². The maximum Gasteiger partial charge on any atom is 0.0465 e. The van der Waals surface area contributed by atoms with E-state index in [1.807, 2.05) is 18.2 Å². The van der Waals surface area contributed by atoms with Gasteiger partial charge in [0.05, 0.1) is 0 Å². The largest absolute Gasteiger partial charge is 0.313 e. The van der Waals surface area contributed by atoms with Crippen molar-refractivity contribution in [2.75, 3.05) is 13.1 Å². The van der Waals surface area contributed by atoms with Crippen LogP contribution in [0.5, 0.6) is 0 Å². The van der Waals surface area contributed by atoms with Crippen LogP contribution in [0.25, 0.3) is 0 Å². The molecule has 2 N–H and O–H groups in total. The predicted octanol–water partition coefficient (Wildman–Crippen LogP) is 2.84. The highest BCUT2D eigenvalue weighted by Gasteiger charge is 2.19. The highest BCUT2D eigenvalue weighted by Crippen LogP contribution is 2.23. The Kier molecular flexibility index (Phi) is 4.47. The van der Waals surface area contributed by atoms with Crippen molar-refractivity contribution < 1.29 is 0 Å². The Morgan fingerprint density at radius 3 is 2.44 bits per heavy atom. The number of hydrogen-bond acceptors (Lipinski definition) is 2. The quantitative estimate of drug-likeness (QED) is 0.767. The lowest BCUT2D eigenvalue weighted by Gasteiger charge is -2.08. The molecule has 1 aliphatic carbocycles. The molecule has 4 heteroatoms. The van der Waals surface area contributed by atoms with Gasteiger partial charge in [-0.25, -0.2) is 0 Å². The van der Waals surface area contributed by atoms with Crippen molar-refractivity contribution in [3.05, 3.63) is 33.8 Å². The van der Waals surface area contributed by atoms with E-state index in [1.54, 1.807) is 0 Å². The first-order valence-corrected chi connectivity index (χ1v) is 6.40. The second kappa shape index (κ2) is 5.87. The second-order valence-electron chi connectivity index (χ2n) is 4.11. The monoisotopic (exact) mass is 258 g/mol. The number of nitrogens with one attached hydrogen (secondary N) is 2. The molecule has 1 fully saturated rings. The van der Waals surface area contributed by atoms with Gasteiger partial charge in [-0.2, -0.15) is 0 Å². The van der Waals surface area contributed by atoms with Gasteiger partial charge in [-0.15, -0.1) is 0 Å². The molecule has 0 bridgehead atoms. The lowest BCUT2D eigenvalue weighted by atomic mass is 10.2. The fourth-order valence-electron chi connectivity index (χ4n) is 1.57. The minimum atomic E-state index is 0.727. The van der Waals surface area contributed by atoms with Gasteiger partial charge in [0.1, 0.15) is 0 Å². The first-order chi connectivity index (χ1) is 7.77. The Balaban J connectivity index is 1.71. The van der Waals surface area contributed by atoms with Gasteiger partial charge in [-0.3, -0.25) is 0 Å². The van der Waals surface area contributed by atoms with Gasteiger partial charge in [-0.1, -0.05) is 29.3 Å². The Hall–Kier alpha value is -0.280.